The normalized spacial score (nSPS) is 22.5. The Kier molecular flexibility index (Phi) is 3.98. The van der Waals surface area contributed by atoms with Gasteiger partial charge in [0.25, 0.3) is 0 Å². The van der Waals surface area contributed by atoms with Crippen LogP contribution in [0, 0.1) is 5.21 Å². The molecular formula is C9H20N2O. The molecule has 0 atom stereocenters. The summed E-state index contributed by atoms with van der Waals surface area (Å²) in [5, 5.41) is 15.1. The van der Waals surface area contributed by atoms with Crippen LogP contribution in [-0.4, -0.2) is 37.4 Å². The van der Waals surface area contributed by atoms with E-state index in [2.05, 4.69) is 12.2 Å². The molecular weight excluding hydrogens is 152 g/mol. The molecule has 0 radical (unpaired) electrons. The summed E-state index contributed by atoms with van der Waals surface area (Å²) in [5.41, 5.74) is 0. The van der Waals surface area contributed by atoms with E-state index in [1.54, 1.807) is 0 Å². The molecule has 0 aromatic heterocycles. The van der Waals surface area contributed by atoms with Crippen LogP contribution in [0.4, 0.5) is 0 Å². The summed E-state index contributed by atoms with van der Waals surface area (Å²) in [6.07, 6.45) is 3.51. The van der Waals surface area contributed by atoms with E-state index in [0.717, 1.165) is 39.1 Å². The standard InChI is InChI=1S/C9H20N2O/c1-2-3-4-7-11(12)8-5-10-6-9-11/h10H,2-9H2,1H3. The number of hydrogen-bond acceptors (Lipinski definition) is 2. The van der Waals surface area contributed by atoms with Crippen LogP contribution in [0.15, 0.2) is 0 Å². The van der Waals surface area contributed by atoms with Gasteiger partial charge in [0.2, 0.25) is 0 Å². The van der Waals surface area contributed by atoms with Gasteiger partial charge in [0.05, 0.1) is 19.6 Å². The van der Waals surface area contributed by atoms with E-state index in [0.29, 0.717) is 0 Å². The number of hydroxylamine groups is 3. The highest BCUT2D eigenvalue weighted by molar-refractivity contribution is 4.57. The Morgan fingerprint density at radius 2 is 1.92 bits per heavy atom. The Labute approximate surface area is 74.9 Å². The molecule has 1 saturated heterocycles. The van der Waals surface area contributed by atoms with Crippen molar-refractivity contribution in [2.45, 2.75) is 26.2 Å². The highest BCUT2D eigenvalue weighted by Crippen LogP contribution is 2.09. The minimum atomic E-state index is 0.0486. The Balaban J connectivity index is 2.17. The van der Waals surface area contributed by atoms with E-state index in [9.17, 15) is 5.21 Å². The Bertz CT molecular complexity index is 122. The molecule has 0 spiro atoms. The first-order chi connectivity index (χ1) is 5.77. The van der Waals surface area contributed by atoms with E-state index in [1.807, 2.05) is 0 Å². The summed E-state index contributed by atoms with van der Waals surface area (Å²) in [6.45, 7) is 6.33. The minimum Gasteiger partial charge on any atom is -0.633 e. The number of piperazine rings is 1. The molecule has 12 heavy (non-hydrogen) atoms. The van der Waals surface area contributed by atoms with Gasteiger partial charge in [-0.25, -0.2) is 0 Å². The summed E-state index contributed by atoms with van der Waals surface area (Å²) in [7, 11) is 0. The lowest BCUT2D eigenvalue weighted by Crippen LogP contribution is -2.55. The Morgan fingerprint density at radius 3 is 2.50 bits per heavy atom. The molecule has 1 aliphatic heterocycles. The van der Waals surface area contributed by atoms with Crippen LogP contribution in [0.1, 0.15) is 26.2 Å². The minimum absolute atomic E-state index is 0.0486. The largest absolute Gasteiger partial charge is 0.633 e. The molecule has 0 bridgehead atoms. The fraction of sp³-hybridized carbons (Fsp3) is 1.00. The molecule has 1 fully saturated rings. The molecule has 0 amide bonds. The van der Waals surface area contributed by atoms with Gasteiger partial charge in [0, 0.05) is 13.1 Å². The van der Waals surface area contributed by atoms with Gasteiger partial charge >= 0.3 is 0 Å². The molecule has 0 aromatic rings. The van der Waals surface area contributed by atoms with Gasteiger partial charge in [-0.3, -0.25) is 0 Å². The quantitative estimate of drug-likeness (QED) is 0.391. The van der Waals surface area contributed by atoms with Crippen LogP contribution in [0.2, 0.25) is 0 Å². The van der Waals surface area contributed by atoms with Gasteiger partial charge in [-0.2, -0.15) is 0 Å². The average molecular weight is 172 g/mol. The number of rotatable bonds is 4. The predicted octanol–water partition coefficient (Wildman–Crippen LogP) is 1.09. The third kappa shape index (κ3) is 3.09. The van der Waals surface area contributed by atoms with Gasteiger partial charge in [-0.15, -0.1) is 0 Å². The van der Waals surface area contributed by atoms with E-state index in [4.69, 9.17) is 0 Å². The predicted molar refractivity (Wildman–Crippen MR) is 50.6 cm³/mol. The number of unbranched alkanes of at least 4 members (excludes halogenated alkanes) is 2. The third-order valence-corrected chi connectivity index (χ3v) is 2.56. The zero-order valence-corrected chi connectivity index (χ0v) is 8.01. The molecule has 3 heteroatoms. The SMILES string of the molecule is CCCCC[N+]1([O-])CCNCC1. The first-order valence-electron chi connectivity index (χ1n) is 5.05. The van der Waals surface area contributed by atoms with Gasteiger partial charge in [0.1, 0.15) is 0 Å². The first kappa shape index (κ1) is 9.96. The highest BCUT2D eigenvalue weighted by atomic mass is 16.5. The number of nitrogens with one attached hydrogen (secondary N) is 1. The molecule has 0 aromatic carbocycles. The molecule has 3 nitrogen and oxygen atoms in total. The van der Waals surface area contributed by atoms with Crippen LogP contribution in [0.5, 0.6) is 0 Å². The summed E-state index contributed by atoms with van der Waals surface area (Å²) >= 11 is 0. The van der Waals surface area contributed by atoms with Crippen molar-refractivity contribution < 1.29 is 4.65 Å². The van der Waals surface area contributed by atoms with E-state index >= 15 is 0 Å². The second-order valence-corrected chi connectivity index (χ2v) is 3.69. The fourth-order valence-electron chi connectivity index (χ4n) is 1.68. The molecule has 1 N–H and O–H groups in total. The van der Waals surface area contributed by atoms with E-state index in [1.165, 1.54) is 12.8 Å². The maximum atomic E-state index is 11.9. The average Bonchev–Trinajstić information content (AvgIpc) is 2.06. The van der Waals surface area contributed by atoms with Crippen LogP contribution in [-0.2, 0) is 0 Å². The topological polar surface area (TPSA) is 35.1 Å². The highest BCUT2D eigenvalue weighted by Gasteiger charge is 2.18. The first-order valence-corrected chi connectivity index (χ1v) is 5.05. The molecule has 1 heterocycles. The number of quaternary nitrogens is 1. The number of hydrogen-bond donors (Lipinski definition) is 1. The van der Waals surface area contributed by atoms with Crippen molar-refractivity contribution in [3.05, 3.63) is 5.21 Å². The zero-order valence-electron chi connectivity index (χ0n) is 8.01. The summed E-state index contributed by atoms with van der Waals surface area (Å²) in [5.74, 6) is 0. The maximum absolute atomic E-state index is 11.9. The second-order valence-electron chi connectivity index (χ2n) is 3.69. The lowest BCUT2D eigenvalue weighted by Gasteiger charge is -2.45. The molecule has 0 aliphatic carbocycles. The summed E-state index contributed by atoms with van der Waals surface area (Å²) in [4.78, 5) is 0. The smallest absolute Gasteiger partial charge is 0.0911 e. The molecule has 72 valence electrons. The lowest BCUT2D eigenvalue weighted by molar-refractivity contribution is -0.882. The van der Waals surface area contributed by atoms with Crippen molar-refractivity contribution in [3.8, 4) is 0 Å². The van der Waals surface area contributed by atoms with Crippen LogP contribution >= 0.6 is 0 Å². The van der Waals surface area contributed by atoms with Crippen LogP contribution in [0.25, 0.3) is 0 Å². The van der Waals surface area contributed by atoms with Crippen LogP contribution in [0.3, 0.4) is 0 Å². The van der Waals surface area contributed by atoms with Crippen molar-refractivity contribution in [2.24, 2.45) is 0 Å². The third-order valence-electron chi connectivity index (χ3n) is 2.56. The lowest BCUT2D eigenvalue weighted by atomic mass is 10.2. The fourth-order valence-corrected chi connectivity index (χ4v) is 1.68. The second kappa shape index (κ2) is 4.80. The van der Waals surface area contributed by atoms with Crippen molar-refractivity contribution in [1.82, 2.24) is 5.32 Å². The van der Waals surface area contributed by atoms with Gasteiger partial charge in [0.15, 0.2) is 0 Å². The Hall–Kier alpha value is -0.120. The van der Waals surface area contributed by atoms with Gasteiger partial charge in [-0.1, -0.05) is 13.3 Å². The van der Waals surface area contributed by atoms with E-state index < -0.39 is 0 Å². The van der Waals surface area contributed by atoms with E-state index in [-0.39, 0.29) is 4.65 Å². The summed E-state index contributed by atoms with van der Waals surface area (Å²) in [6, 6.07) is 0. The summed E-state index contributed by atoms with van der Waals surface area (Å²) < 4.78 is 0.0486. The monoisotopic (exact) mass is 172 g/mol. The van der Waals surface area contributed by atoms with Crippen molar-refractivity contribution >= 4 is 0 Å². The van der Waals surface area contributed by atoms with Crippen LogP contribution < -0.4 is 5.32 Å². The molecule has 0 saturated carbocycles. The van der Waals surface area contributed by atoms with Gasteiger partial charge < -0.3 is 15.2 Å². The maximum Gasteiger partial charge on any atom is 0.0911 e. The van der Waals surface area contributed by atoms with Crippen molar-refractivity contribution in [1.29, 1.82) is 0 Å². The molecule has 1 rings (SSSR count). The Morgan fingerprint density at radius 1 is 1.25 bits per heavy atom. The van der Waals surface area contributed by atoms with Crippen molar-refractivity contribution in [2.75, 3.05) is 32.7 Å². The van der Waals surface area contributed by atoms with Gasteiger partial charge in [-0.05, 0) is 12.8 Å². The molecule has 0 unspecified atom stereocenters. The number of nitrogens with zero attached hydrogens (tertiary/aromatic N) is 1. The molecule has 1 aliphatic rings. The zero-order chi connectivity index (χ0) is 8.86. The van der Waals surface area contributed by atoms with Crippen molar-refractivity contribution in [3.63, 3.8) is 0 Å².